The zero-order valence-electron chi connectivity index (χ0n) is 10.9. The largest absolute Gasteiger partial charge is 0.393 e. The van der Waals surface area contributed by atoms with Crippen LogP contribution in [0.1, 0.15) is 20.1 Å². The lowest BCUT2D eigenvalue weighted by Gasteiger charge is -2.28. The van der Waals surface area contributed by atoms with Crippen molar-refractivity contribution in [1.82, 2.24) is 9.55 Å². The molecule has 2 heterocycles. The van der Waals surface area contributed by atoms with E-state index >= 15 is 0 Å². The molecule has 7 nitrogen and oxygen atoms in total. The normalized spacial score (nSPS) is 29.6. The molecule has 2 rings (SSSR count). The van der Waals surface area contributed by atoms with Gasteiger partial charge in [0.15, 0.2) is 0 Å². The van der Waals surface area contributed by atoms with Crippen LogP contribution >= 0.6 is 0 Å². The fraction of sp³-hybridized carbons (Fsp3) is 0.667. The standard InChI is InChI=1S/C12H18N2O5/c1-7-8(2)12(5-15,6-16)19-10(7)14-4-3-9(17)13-11(14)18/h3-4,7-8,10,15-16H,5-6H2,1-2H3,(H,13,17,18)/t7-,8-,10+/m0/s1. The summed E-state index contributed by atoms with van der Waals surface area (Å²) in [5.41, 5.74) is -2.11. The maximum atomic E-state index is 11.8. The van der Waals surface area contributed by atoms with Crippen molar-refractivity contribution in [2.24, 2.45) is 11.8 Å². The summed E-state index contributed by atoms with van der Waals surface area (Å²) in [5, 5.41) is 18.9. The van der Waals surface area contributed by atoms with Gasteiger partial charge in [-0.2, -0.15) is 0 Å². The number of nitrogens with one attached hydrogen (secondary N) is 1. The molecule has 1 aromatic heterocycles. The summed E-state index contributed by atoms with van der Waals surface area (Å²) in [6.07, 6.45) is 0.735. The molecule has 0 saturated carbocycles. The first kappa shape index (κ1) is 14.0. The topological polar surface area (TPSA) is 105 Å². The van der Waals surface area contributed by atoms with E-state index in [2.05, 4.69) is 4.98 Å². The number of aliphatic hydroxyl groups is 2. The molecule has 3 atom stereocenters. The van der Waals surface area contributed by atoms with Crippen LogP contribution in [-0.4, -0.2) is 38.6 Å². The lowest BCUT2D eigenvalue weighted by atomic mass is 9.83. The maximum absolute atomic E-state index is 11.8. The zero-order chi connectivity index (χ0) is 14.2. The molecule has 0 amide bonds. The number of aliphatic hydroxyl groups excluding tert-OH is 2. The van der Waals surface area contributed by atoms with Gasteiger partial charge in [0.05, 0.1) is 13.2 Å². The van der Waals surface area contributed by atoms with Crippen molar-refractivity contribution in [2.75, 3.05) is 13.2 Å². The van der Waals surface area contributed by atoms with E-state index in [4.69, 9.17) is 4.74 Å². The molecule has 0 radical (unpaired) electrons. The molecule has 1 fully saturated rings. The van der Waals surface area contributed by atoms with Crippen LogP contribution in [0.2, 0.25) is 0 Å². The predicted molar refractivity (Wildman–Crippen MR) is 66.7 cm³/mol. The summed E-state index contributed by atoms with van der Waals surface area (Å²) in [7, 11) is 0. The average Bonchev–Trinajstić information content (AvgIpc) is 2.64. The highest BCUT2D eigenvalue weighted by atomic mass is 16.6. The van der Waals surface area contributed by atoms with Gasteiger partial charge in [-0.05, 0) is 5.92 Å². The second-order valence-electron chi connectivity index (χ2n) is 5.05. The molecule has 3 N–H and O–H groups in total. The summed E-state index contributed by atoms with van der Waals surface area (Å²) >= 11 is 0. The lowest BCUT2D eigenvalue weighted by Crippen LogP contribution is -2.43. The number of hydrogen-bond donors (Lipinski definition) is 3. The number of H-pyrrole nitrogens is 1. The smallest absolute Gasteiger partial charge is 0.330 e. The molecule has 0 spiro atoms. The summed E-state index contributed by atoms with van der Waals surface area (Å²) in [5.74, 6) is -0.228. The SMILES string of the molecule is C[C@@H]1[C@H](n2ccc(=O)[nH]c2=O)OC(CO)(CO)[C@H]1C. The summed E-state index contributed by atoms with van der Waals surface area (Å²) in [6, 6.07) is 1.24. The van der Waals surface area contributed by atoms with Crippen molar-refractivity contribution < 1.29 is 14.9 Å². The molecule has 1 aliphatic rings. The number of aromatic amines is 1. The molecule has 0 aliphatic carbocycles. The second-order valence-corrected chi connectivity index (χ2v) is 5.05. The molecule has 0 unspecified atom stereocenters. The number of aromatic nitrogens is 2. The van der Waals surface area contributed by atoms with Gasteiger partial charge in [0.2, 0.25) is 0 Å². The van der Waals surface area contributed by atoms with Gasteiger partial charge in [0.1, 0.15) is 11.8 Å². The Kier molecular flexibility index (Phi) is 3.62. The van der Waals surface area contributed by atoms with Gasteiger partial charge in [0, 0.05) is 18.2 Å². The number of rotatable bonds is 3. The zero-order valence-corrected chi connectivity index (χ0v) is 10.9. The van der Waals surface area contributed by atoms with Crippen LogP contribution in [0.15, 0.2) is 21.9 Å². The van der Waals surface area contributed by atoms with Crippen LogP contribution < -0.4 is 11.2 Å². The van der Waals surface area contributed by atoms with E-state index in [9.17, 15) is 19.8 Å². The number of ether oxygens (including phenoxy) is 1. The van der Waals surface area contributed by atoms with Crippen LogP contribution in [0.3, 0.4) is 0 Å². The summed E-state index contributed by atoms with van der Waals surface area (Å²) in [6.45, 7) is 3.07. The Morgan fingerprint density at radius 1 is 1.37 bits per heavy atom. The van der Waals surface area contributed by atoms with Crippen molar-refractivity contribution in [3.63, 3.8) is 0 Å². The monoisotopic (exact) mass is 270 g/mol. The number of nitrogens with zero attached hydrogens (tertiary/aromatic N) is 1. The Morgan fingerprint density at radius 2 is 2.00 bits per heavy atom. The molecule has 19 heavy (non-hydrogen) atoms. The van der Waals surface area contributed by atoms with Crippen molar-refractivity contribution in [3.8, 4) is 0 Å². The minimum Gasteiger partial charge on any atom is -0.393 e. The molecule has 0 bridgehead atoms. The van der Waals surface area contributed by atoms with E-state index in [0.29, 0.717) is 0 Å². The summed E-state index contributed by atoms with van der Waals surface area (Å²) in [4.78, 5) is 25.0. The van der Waals surface area contributed by atoms with E-state index in [-0.39, 0.29) is 25.0 Å². The number of hydrogen-bond acceptors (Lipinski definition) is 5. The van der Waals surface area contributed by atoms with Crippen LogP contribution in [0, 0.1) is 11.8 Å². The van der Waals surface area contributed by atoms with E-state index in [1.54, 1.807) is 0 Å². The molecule has 0 aromatic carbocycles. The van der Waals surface area contributed by atoms with Gasteiger partial charge in [-0.15, -0.1) is 0 Å². The quantitative estimate of drug-likeness (QED) is 0.657. The average molecular weight is 270 g/mol. The minimum absolute atomic E-state index is 0.0945. The first-order valence-corrected chi connectivity index (χ1v) is 6.16. The highest BCUT2D eigenvalue weighted by molar-refractivity contribution is 4.98. The third-order valence-corrected chi connectivity index (χ3v) is 4.08. The summed E-state index contributed by atoms with van der Waals surface area (Å²) < 4.78 is 6.99. The predicted octanol–water partition coefficient (Wildman–Crippen LogP) is -0.939. The Morgan fingerprint density at radius 3 is 2.47 bits per heavy atom. The van der Waals surface area contributed by atoms with Gasteiger partial charge < -0.3 is 14.9 Å². The first-order valence-electron chi connectivity index (χ1n) is 6.16. The highest BCUT2D eigenvalue weighted by Crippen LogP contribution is 2.44. The molecular formula is C12H18N2O5. The van der Waals surface area contributed by atoms with Crippen LogP contribution in [0.5, 0.6) is 0 Å². The highest BCUT2D eigenvalue weighted by Gasteiger charge is 2.51. The second kappa shape index (κ2) is 4.92. The van der Waals surface area contributed by atoms with E-state index in [1.807, 2.05) is 13.8 Å². The van der Waals surface area contributed by atoms with Gasteiger partial charge in [-0.25, -0.2) is 4.79 Å². The Bertz CT molecular complexity index is 560. The maximum Gasteiger partial charge on any atom is 0.330 e. The lowest BCUT2D eigenvalue weighted by molar-refractivity contribution is -0.135. The minimum atomic E-state index is -1.07. The van der Waals surface area contributed by atoms with Gasteiger partial charge in [0.25, 0.3) is 5.56 Å². The third-order valence-electron chi connectivity index (χ3n) is 4.08. The first-order chi connectivity index (χ1) is 8.95. The molecule has 1 aliphatic heterocycles. The van der Waals surface area contributed by atoms with Crippen molar-refractivity contribution in [2.45, 2.75) is 25.7 Å². The molecule has 1 aromatic rings. The van der Waals surface area contributed by atoms with E-state index in [0.717, 1.165) is 0 Å². The van der Waals surface area contributed by atoms with Crippen LogP contribution in [-0.2, 0) is 4.74 Å². The fourth-order valence-corrected chi connectivity index (χ4v) is 2.53. The van der Waals surface area contributed by atoms with Gasteiger partial charge in [-0.1, -0.05) is 13.8 Å². The molecule has 7 heteroatoms. The van der Waals surface area contributed by atoms with Gasteiger partial charge in [-0.3, -0.25) is 14.3 Å². The molecular weight excluding hydrogens is 252 g/mol. The van der Waals surface area contributed by atoms with E-state index in [1.165, 1.54) is 16.8 Å². The van der Waals surface area contributed by atoms with Gasteiger partial charge >= 0.3 is 5.69 Å². The van der Waals surface area contributed by atoms with Crippen LogP contribution in [0.25, 0.3) is 0 Å². The van der Waals surface area contributed by atoms with Crippen molar-refractivity contribution in [3.05, 3.63) is 33.1 Å². The Hall–Kier alpha value is -1.44. The third kappa shape index (κ3) is 2.13. The Balaban J connectivity index is 2.42. The van der Waals surface area contributed by atoms with Crippen LogP contribution in [0.4, 0.5) is 0 Å². The molecule has 106 valence electrons. The van der Waals surface area contributed by atoms with Crippen molar-refractivity contribution >= 4 is 0 Å². The Labute approximate surface area is 109 Å². The van der Waals surface area contributed by atoms with E-state index < -0.39 is 23.1 Å². The fourth-order valence-electron chi connectivity index (χ4n) is 2.53. The van der Waals surface area contributed by atoms with Crippen molar-refractivity contribution in [1.29, 1.82) is 0 Å². The molecule has 1 saturated heterocycles.